The highest BCUT2D eigenvalue weighted by Crippen LogP contribution is 2.13. The van der Waals surface area contributed by atoms with Gasteiger partial charge in [-0.05, 0) is 51.2 Å². The molecule has 1 N–H and O–H groups in total. The molecule has 2 nitrogen and oxygen atoms in total. The predicted molar refractivity (Wildman–Crippen MR) is 78.2 cm³/mol. The van der Waals surface area contributed by atoms with Gasteiger partial charge in [0.25, 0.3) is 0 Å². The first kappa shape index (κ1) is 14.7. The van der Waals surface area contributed by atoms with E-state index in [2.05, 4.69) is 71.3 Å². The van der Waals surface area contributed by atoms with Gasteiger partial charge in [-0.2, -0.15) is 0 Å². The Morgan fingerprint density at radius 1 is 1.41 bits per heavy atom. The lowest BCUT2D eigenvalue weighted by atomic mass is 10.2. The molecule has 0 bridgehead atoms. The molecule has 17 heavy (non-hydrogen) atoms. The summed E-state index contributed by atoms with van der Waals surface area (Å²) in [6.07, 6.45) is 1.19. The Labute approximate surface area is 114 Å². The number of halogens is 1. The fourth-order valence-electron chi connectivity index (χ4n) is 1.89. The minimum Gasteiger partial charge on any atom is -0.314 e. The monoisotopic (exact) mass is 298 g/mol. The summed E-state index contributed by atoms with van der Waals surface area (Å²) < 4.78 is 1.16. The van der Waals surface area contributed by atoms with E-state index in [1.165, 1.54) is 12.0 Å². The normalized spacial score (nSPS) is 13.0. The zero-order chi connectivity index (χ0) is 12.7. The lowest BCUT2D eigenvalue weighted by molar-refractivity contribution is 0.304. The summed E-state index contributed by atoms with van der Waals surface area (Å²) in [7, 11) is 2.18. The van der Waals surface area contributed by atoms with Crippen LogP contribution in [0.4, 0.5) is 0 Å². The maximum Gasteiger partial charge on any atom is 0.0231 e. The summed E-state index contributed by atoms with van der Waals surface area (Å²) in [6.45, 7) is 7.59. The van der Waals surface area contributed by atoms with Crippen LogP contribution < -0.4 is 5.32 Å². The molecule has 0 aromatic heterocycles. The quantitative estimate of drug-likeness (QED) is 0.831. The first-order chi connectivity index (χ1) is 8.11. The van der Waals surface area contributed by atoms with Gasteiger partial charge in [-0.1, -0.05) is 35.0 Å². The minimum atomic E-state index is 0.602. The van der Waals surface area contributed by atoms with E-state index < -0.39 is 0 Å². The third kappa shape index (κ3) is 6.20. The fourth-order valence-corrected chi connectivity index (χ4v) is 2.34. The van der Waals surface area contributed by atoms with Gasteiger partial charge in [-0.3, -0.25) is 0 Å². The lowest BCUT2D eigenvalue weighted by Crippen LogP contribution is -2.30. The van der Waals surface area contributed by atoms with Crippen LogP contribution in [0.1, 0.15) is 25.8 Å². The summed E-state index contributed by atoms with van der Waals surface area (Å²) in [5.41, 5.74) is 1.36. The molecule has 0 spiro atoms. The number of rotatable bonds is 7. The van der Waals surface area contributed by atoms with Crippen molar-refractivity contribution in [2.24, 2.45) is 0 Å². The summed E-state index contributed by atoms with van der Waals surface area (Å²) in [6, 6.07) is 9.12. The van der Waals surface area contributed by atoms with Crippen molar-refractivity contribution in [3.05, 3.63) is 34.3 Å². The van der Waals surface area contributed by atoms with Crippen LogP contribution in [0, 0.1) is 0 Å². The van der Waals surface area contributed by atoms with Crippen LogP contribution in [0.15, 0.2) is 28.7 Å². The van der Waals surface area contributed by atoms with Crippen LogP contribution in [0.5, 0.6) is 0 Å². The van der Waals surface area contributed by atoms with Crippen molar-refractivity contribution in [3.8, 4) is 0 Å². The molecule has 1 aromatic carbocycles. The van der Waals surface area contributed by atoms with Gasteiger partial charge in [0.1, 0.15) is 0 Å². The van der Waals surface area contributed by atoms with Gasteiger partial charge in [-0.25, -0.2) is 0 Å². The highest BCUT2D eigenvalue weighted by atomic mass is 79.9. The lowest BCUT2D eigenvalue weighted by Gasteiger charge is -2.20. The van der Waals surface area contributed by atoms with Crippen LogP contribution >= 0.6 is 15.9 Å². The first-order valence-electron chi connectivity index (χ1n) is 6.28. The zero-order valence-electron chi connectivity index (χ0n) is 11.0. The molecule has 0 aliphatic heterocycles. The number of benzene rings is 1. The second kappa shape index (κ2) is 7.85. The topological polar surface area (TPSA) is 15.3 Å². The SMILES string of the molecule is CCNC(C)CCN(C)Cc1cccc(Br)c1. The average Bonchev–Trinajstić information content (AvgIpc) is 2.27. The fraction of sp³-hybridized carbons (Fsp3) is 0.571. The molecule has 1 unspecified atom stereocenters. The van der Waals surface area contributed by atoms with E-state index in [9.17, 15) is 0 Å². The molecule has 0 amide bonds. The standard InChI is InChI=1S/C14H23BrN2/c1-4-16-12(2)8-9-17(3)11-13-6-5-7-14(15)10-13/h5-7,10,12,16H,4,8-9,11H2,1-3H3. The molecule has 1 aromatic rings. The van der Waals surface area contributed by atoms with Crippen molar-refractivity contribution in [3.63, 3.8) is 0 Å². The number of nitrogens with one attached hydrogen (secondary N) is 1. The summed E-state index contributed by atoms with van der Waals surface area (Å²) >= 11 is 3.51. The first-order valence-corrected chi connectivity index (χ1v) is 7.07. The number of hydrogen-bond acceptors (Lipinski definition) is 2. The molecule has 0 radical (unpaired) electrons. The Balaban J connectivity index is 2.32. The summed E-state index contributed by atoms with van der Waals surface area (Å²) in [4.78, 5) is 2.37. The van der Waals surface area contributed by atoms with Crippen molar-refractivity contribution in [1.82, 2.24) is 10.2 Å². The van der Waals surface area contributed by atoms with Crippen LogP contribution in [-0.2, 0) is 6.54 Å². The Kier molecular flexibility index (Phi) is 6.78. The smallest absolute Gasteiger partial charge is 0.0231 e. The van der Waals surface area contributed by atoms with Gasteiger partial charge in [0, 0.05) is 17.1 Å². The number of nitrogens with zero attached hydrogens (tertiary/aromatic N) is 1. The predicted octanol–water partition coefficient (Wildman–Crippen LogP) is 3.27. The molecule has 0 aliphatic rings. The molecule has 0 saturated heterocycles. The van der Waals surface area contributed by atoms with Gasteiger partial charge in [-0.15, -0.1) is 0 Å². The molecular weight excluding hydrogens is 276 g/mol. The average molecular weight is 299 g/mol. The van der Waals surface area contributed by atoms with E-state index in [0.717, 1.165) is 24.1 Å². The summed E-state index contributed by atoms with van der Waals surface area (Å²) in [5.74, 6) is 0. The Morgan fingerprint density at radius 3 is 2.82 bits per heavy atom. The summed E-state index contributed by atoms with van der Waals surface area (Å²) in [5, 5.41) is 3.44. The molecule has 1 atom stereocenters. The molecule has 0 heterocycles. The molecule has 0 saturated carbocycles. The van der Waals surface area contributed by atoms with Gasteiger partial charge in [0.05, 0.1) is 0 Å². The van der Waals surface area contributed by atoms with Crippen molar-refractivity contribution >= 4 is 15.9 Å². The van der Waals surface area contributed by atoms with Crippen LogP contribution in [0.2, 0.25) is 0 Å². The third-order valence-electron chi connectivity index (χ3n) is 2.84. The van der Waals surface area contributed by atoms with E-state index in [0.29, 0.717) is 6.04 Å². The Bertz CT molecular complexity index is 328. The largest absolute Gasteiger partial charge is 0.314 e. The van der Waals surface area contributed by atoms with Crippen LogP contribution in [-0.4, -0.2) is 31.1 Å². The highest BCUT2D eigenvalue weighted by Gasteiger charge is 2.04. The zero-order valence-corrected chi connectivity index (χ0v) is 12.6. The Morgan fingerprint density at radius 2 is 2.18 bits per heavy atom. The molecular formula is C14H23BrN2. The van der Waals surface area contributed by atoms with Crippen LogP contribution in [0.3, 0.4) is 0 Å². The van der Waals surface area contributed by atoms with Gasteiger partial charge in [0.2, 0.25) is 0 Å². The molecule has 0 aliphatic carbocycles. The Hall–Kier alpha value is -0.380. The van der Waals surface area contributed by atoms with Gasteiger partial charge < -0.3 is 10.2 Å². The molecule has 3 heteroatoms. The highest BCUT2D eigenvalue weighted by molar-refractivity contribution is 9.10. The molecule has 0 fully saturated rings. The van der Waals surface area contributed by atoms with Crippen molar-refractivity contribution in [2.45, 2.75) is 32.9 Å². The van der Waals surface area contributed by atoms with E-state index >= 15 is 0 Å². The van der Waals surface area contributed by atoms with E-state index in [4.69, 9.17) is 0 Å². The van der Waals surface area contributed by atoms with E-state index in [1.807, 2.05) is 0 Å². The van der Waals surface area contributed by atoms with Crippen molar-refractivity contribution in [2.75, 3.05) is 20.1 Å². The van der Waals surface area contributed by atoms with Crippen LogP contribution in [0.25, 0.3) is 0 Å². The van der Waals surface area contributed by atoms with Crippen molar-refractivity contribution < 1.29 is 0 Å². The van der Waals surface area contributed by atoms with E-state index in [1.54, 1.807) is 0 Å². The second-order valence-corrected chi connectivity index (χ2v) is 5.53. The van der Waals surface area contributed by atoms with Gasteiger partial charge >= 0.3 is 0 Å². The molecule has 96 valence electrons. The maximum atomic E-state index is 3.51. The minimum absolute atomic E-state index is 0.602. The van der Waals surface area contributed by atoms with E-state index in [-0.39, 0.29) is 0 Å². The maximum absolute atomic E-state index is 3.51. The number of hydrogen-bond donors (Lipinski definition) is 1. The molecule has 1 rings (SSSR count). The second-order valence-electron chi connectivity index (χ2n) is 4.62. The third-order valence-corrected chi connectivity index (χ3v) is 3.33. The van der Waals surface area contributed by atoms with Gasteiger partial charge in [0.15, 0.2) is 0 Å². The van der Waals surface area contributed by atoms with Crippen molar-refractivity contribution in [1.29, 1.82) is 0 Å².